The molecule has 27 heavy (non-hydrogen) atoms. The number of halogens is 1. The first-order valence-electron chi connectivity index (χ1n) is 9.60. The van der Waals surface area contributed by atoms with Crippen LogP contribution in [0.5, 0.6) is 0 Å². The third kappa shape index (κ3) is 3.90. The first kappa shape index (κ1) is 18.5. The zero-order chi connectivity index (χ0) is 18.8. The van der Waals surface area contributed by atoms with E-state index < -0.39 is 0 Å². The molecule has 0 spiro atoms. The topological polar surface area (TPSA) is 32.3 Å². The summed E-state index contributed by atoms with van der Waals surface area (Å²) in [6.45, 7) is 3.06. The summed E-state index contributed by atoms with van der Waals surface area (Å²) in [5, 5.41) is 3.74. The second kappa shape index (κ2) is 8.03. The molecule has 1 saturated heterocycles. The Kier molecular flexibility index (Phi) is 5.50. The number of fused-ring (bicyclic) bond motifs is 3. The SMILES string of the molecule is CSc1cccc2c1N[C@@H]1CCN(CCCC(=O)c3ccc(F)cc3)C[C@H]21. The Morgan fingerprint density at radius 2 is 2.07 bits per heavy atom. The van der Waals surface area contributed by atoms with E-state index in [2.05, 4.69) is 34.7 Å². The van der Waals surface area contributed by atoms with Crippen LogP contribution in [0, 0.1) is 5.82 Å². The fraction of sp³-hybridized carbons (Fsp3) is 0.409. The normalized spacial score (nSPS) is 21.4. The van der Waals surface area contributed by atoms with Crippen molar-refractivity contribution in [3.8, 4) is 0 Å². The fourth-order valence-electron chi connectivity index (χ4n) is 4.32. The van der Waals surface area contributed by atoms with E-state index in [1.807, 2.05) is 0 Å². The number of thioether (sulfide) groups is 1. The molecule has 4 rings (SSSR count). The highest BCUT2D eigenvalue weighted by atomic mass is 32.2. The molecule has 142 valence electrons. The average molecular weight is 385 g/mol. The molecular formula is C22H25FN2OS. The van der Waals surface area contributed by atoms with Gasteiger partial charge >= 0.3 is 0 Å². The van der Waals surface area contributed by atoms with E-state index in [1.165, 1.54) is 28.3 Å². The van der Waals surface area contributed by atoms with E-state index in [-0.39, 0.29) is 11.6 Å². The van der Waals surface area contributed by atoms with Gasteiger partial charge in [-0.05, 0) is 61.5 Å². The van der Waals surface area contributed by atoms with Crippen molar-refractivity contribution >= 4 is 23.2 Å². The minimum absolute atomic E-state index is 0.0994. The highest BCUT2D eigenvalue weighted by Crippen LogP contribution is 2.44. The Balaban J connectivity index is 1.33. The number of rotatable bonds is 6. The van der Waals surface area contributed by atoms with Crippen LogP contribution in [0.2, 0.25) is 0 Å². The molecular weight excluding hydrogens is 359 g/mol. The third-order valence-corrected chi connectivity index (χ3v) is 6.53. The number of nitrogens with one attached hydrogen (secondary N) is 1. The molecule has 0 amide bonds. The number of anilines is 1. The van der Waals surface area contributed by atoms with Crippen LogP contribution in [0.15, 0.2) is 47.4 Å². The molecule has 2 aromatic carbocycles. The standard InChI is InChI=1S/C22H25FN2OS/c1-27-21-6-2-4-17-18-14-25(13-11-19(18)24-22(17)21)12-3-5-20(26)15-7-9-16(23)10-8-15/h2,4,6-10,18-19,24H,3,5,11-14H2,1H3/t18-,19-/m1/s1. The van der Waals surface area contributed by atoms with E-state index in [9.17, 15) is 9.18 Å². The number of para-hydroxylation sites is 1. The van der Waals surface area contributed by atoms with Gasteiger partial charge in [0.05, 0.1) is 5.69 Å². The number of ketones is 1. The van der Waals surface area contributed by atoms with Crippen molar-refractivity contribution in [1.29, 1.82) is 0 Å². The van der Waals surface area contributed by atoms with Gasteiger partial charge in [0.1, 0.15) is 5.82 Å². The lowest BCUT2D eigenvalue weighted by Gasteiger charge is -2.35. The minimum Gasteiger partial charge on any atom is -0.380 e. The van der Waals surface area contributed by atoms with Crippen LogP contribution in [0.25, 0.3) is 0 Å². The Hall–Kier alpha value is -1.85. The van der Waals surface area contributed by atoms with Gasteiger partial charge in [-0.3, -0.25) is 4.79 Å². The van der Waals surface area contributed by atoms with Crippen LogP contribution in [0.1, 0.15) is 41.1 Å². The summed E-state index contributed by atoms with van der Waals surface area (Å²) in [5.41, 5.74) is 3.38. The molecule has 0 radical (unpaired) electrons. The predicted molar refractivity (Wildman–Crippen MR) is 109 cm³/mol. The molecule has 0 aromatic heterocycles. The third-order valence-electron chi connectivity index (χ3n) is 5.75. The Morgan fingerprint density at radius 3 is 2.85 bits per heavy atom. The van der Waals surface area contributed by atoms with Crippen molar-refractivity contribution in [1.82, 2.24) is 4.90 Å². The van der Waals surface area contributed by atoms with Crippen LogP contribution < -0.4 is 5.32 Å². The first-order chi connectivity index (χ1) is 13.2. The van der Waals surface area contributed by atoms with Gasteiger partial charge in [0.15, 0.2) is 5.78 Å². The summed E-state index contributed by atoms with van der Waals surface area (Å²) >= 11 is 1.80. The fourth-order valence-corrected chi connectivity index (χ4v) is 4.92. The highest BCUT2D eigenvalue weighted by molar-refractivity contribution is 7.98. The maximum Gasteiger partial charge on any atom is 0.162 e. The molecule has 1 fully saturated rings. The van der Waals surface area contributed by atoms with Crippen molar-refractivity contribution in [2.75, 3.05) is 31.2 Å². The van der Waals surface area contributed by atoms with Gasteiger partial charge in [-0.2, -0.15) is 0 Å². The minimum atomic E-state index is -0.301. The lowest BCUT2D eigenvalue weighted by molar-refractivity contribution is 0.0971. The summed E-state index contributed by atoms with van der Waals surface area (Å²) in [6, 6.07) is 13.0. The largest absolute Gasteiger partial charge is 0.380 e. The molecule has 0 saturated carbocycles. The Morgan fingerprint density at radius 1 is 1.26 bits per heavy atom. The highest BCUT2D eigenvalue weighted by Gasteiger charge is 2.37. The summed E-state index contributed by atoms with van der Waals surface area (Å²) < 4.78 is 13.0. The van der Waals surface area contributed by atoms with Crippen molar-refractivity contribution in [2.24, 2.45) is 0 Å². The molecule has 0 bridgehead atoms. The van der Waals surface area contributed by atoms with Crippen LogP contribution >= 0.6 is 11.8 Å². The number of benzene rings is 2. The summed E-state index contributed by atoms with van der Waals surface area (Å²) in [5.74, 6) is 0.334. The number of nitrogens with zero attached hydrogens (tertiary/aromatic N) is 1. The van der Waals surface area contributed by atoms with Gasteiger partial charge in [0.2, 0.25) is 0 Å². The van der Waals surface area contributed by atoms with Crippen LogP contribution in [0.3, 0.4) is 0 Å². The van der Waals surface area contributed by atoms with Crippen molar-refractivity contribution in [3.05, 3.63) is 59.4 Å². The maximum atomic E-state index is 13.0. The molecule has 2 aromatic rings. The van der Waals surface area contributed by atoms with E-state index in [1.54, 1.807) is 23.9 Å². The number of carbonyl (C=O) groups excluding carboxylic acids is 1. The van der Waals surface area contributed by atoms with E-state index >= 15 is 0 Å². The molecule has 3 nitrogen and oxygen atoms in total. The number of hydrogen-bond donors (Lipinski definition) is 1. The quantitative estimate of drug-likeness (QED) is 0.573. The lowest BCUT2D eigenvalue weighted by atomic mass is 9.89. The number of piperidine rings is 1. The van der Waals surface area contributed by atoms with Crippen LogP contribution in [0.4, 0.5) is 10.1 Å². The van der Waals surface area contributed by atoms with Gasteiger partial charge in [-0.25, -0.2) is 4.39 Å². The molecule has 0 unspecified atom stereocenters. The summed E-state index contributed by atoms with van der Waals surface area (Å²) in [7, 11) is 0. The molecule has 0 aliphatic carbocycles. The van der Waals surface area contributed by atoms with Crippen LogP contribution in [-0.2, 0) is 0 Å². The molecule has 2 heterocycles. The van der Waals surface area contributed by atoms with Crippen LogP contribution in [-0.4, -0.2) is 42.6 Å². The molecule has 2 aliphatic heterocycles. The Bertz CT molecular complexity index is 824. The number of carbonyl (C=O) groups is 1. The number of likely N-dealkylation sites (tertiary alicyclic amines) is 1. The van der Waals surface area contributed by atoms with Gasteiger partial charge in [0.25, 0.3) is 0 Å². The number of hydrogen-bond acceptors (Lipinski definition) is 4. The summed E-state index contributed by atoms with van der Waals surface area (Å²) in [6.07, 6.45) is 4.63. The zero-order valence-corrected chi connectivity index (χ0v) is 16.4. The van der Waals surface area contributed by atoms with E-state index in [0.717, 1.165) is 32.5 Å². The summed E-state index contributed by atoms with van der Waals surface area (Å²) in [4.78, 5) is 16.1. The molecule has 1 N–H and O–H groups in total. The van der Waals surface area contributed by atoms with Gasteiger partial charge in [-0.15, -0.1) is 11.8 Å². The van der Waals surface area contributed by atoms with E-state index in [0.29, 0.717) is 23.9 Å². The van der Waals surface area contributed by atoms with Crippen molar-refractivity contribution < 1.29 is 9.18 Å². The van der Waals surface area contributed by atoms with Gasteiger partial charge in [0, 0.05) is 41.9 Å². The first-order valence-corrected chi connectivity index (χ1v) is 10.8. The monoisotopic (exact) mass is 384 g/mol. The maximum absolute atomic E-state index is 13.0. The van der Waals surface area contributed by atoms with E-state index in [4.69, 9.17) is 0 Å². The van der Waals surface area contributed by atoms with Crippen molar-refractivity contribution in [2.45, 2.75) is 36.1 Å². The second-order valence-electron chi connectivity index (χ2n) is 7.40. The number of Topliss-reactive ketones (excluding diaryl/α,β-unsaturated/α-hetero) is 1. The predicted octanol–water partition coefficient (Wildman–Crippen LogP) is 4.79. The zero-order valence-electron chi connectivity index (χ0n) is 15.6. The van der Waals surface area contributed by atoms with Gasteiger partial charge < -0.3 is 10.2 Å². The smallest absolute Gasteiger partial charge is 0.162 e. The van der Waals surface area contributed by atoms with Gasteiger partial charge in [-0.1, -0.05) is 12.1 Å². The molecule has 5 heteroatoms. The molecule has 2 atom stereocenters. The Labute approximate surface area is 164 Å². The molecule has 2 aliphatic rings. The average Bonchev–Trinajstić information content (AvgIpc) is 3.06. The van der Waals surface area contributed by atoms with Crippen molar-refractivity contribution in [3.63, 3.8) is 0 Å². The lowest BCUT2D eigenvalue weighted by Crippen LogP contribution is -2.42. The second-order valence-corrected chi connectivity index (χ2v) is 8.25.